The summed E-state index contributed by atoms with van der Waals surface area (Å²) in [6.07, 6.45) is 2.88. The van der Waals surface area contributed by atoms with Crippen molar-refractivity contribution in [2.24, 2.45) is 0 Å². The lowest BCUT2D eigenvalue weighted by molar-refractivity contribution is 0.0357. The molecule has 0 spiro atoms. The number of nitrogens with zero attached hydrogens (tertiary/aromatic N) is 4. The molecule has 2 aliphatic rings. The summed E-state index contributed by atoms with van der Waals surface area (Å²) < 4.78 is 32.5. The van der Waals surface area contributed by atoms with E-state index in [4.69, 9.17) is 14.2 Å². The van der Waals surface area contributed by atoms with Gasteiger partial charge < -0.3 is 19.5 Å². The van der Waals surface area contributed by atoms with Crippen LogP contribution in [0.3, 0.4) is 0 Å². The van der Waals surface area contributed by atoms with Crippen molar-refractivity contribution in [3.63, 3.8) is 0 Å². The molecule has 1 N–H and O–H groups in total. The quantitative estimate of drug-likeness (QED) is 0.235. The number of fused-ring (bicyclic) bond motifs is 1. The Morgan fingerprint density at radius 2 is 1.80 bits per heavy atom. The van der Waals surface area contributed by atoms with Crippen molar-refractivity contribution in [3.05, 3.63) is 89.9 Å². The van der Waals surface area contributed by atoms with Crippen molar-refractivity contribution in [2.45, 2.75) is 12.8 Å². The number of carbonyl (C=O) groups is 2. The molecule has 10 nitrogen and oxygen atoms in total. The zero-order valence-electron chi connectivity index (χ0n) is 25.2. The van der Waals surface area contributed by atoms with Gasteiger partial charge in [-0.3, -0.25) is 14.8 Å². The smallest absolute Gasteiger partial charge is 0.332 e. The Labute approximate surface area is 261 Å². The third kappa shape index (κ3) is 7.00. The van der Waals surface area contributed by atoms with Crippen LogP contribution in [0.25, 0.3) is 10.9 Å². The number of imide groups is 1. The van der Waals surface area contributed by atoms with Crippen LogP contribution in [-0.2, 0) is 11.2 Å². The molecule has 234 valence electrons. The fraction of sp³-hybridized carbons (Fsp3) is 0.324. The van der Waals surface area contributed by atoms with Crippen LogP contribution < -0.4 is 19.7 Å². The molecule has 2 fully saturated rings. The number of ether oxygens (including phenoxy) is 3. The summed E-state index contributed by atoms with van der Waals surface area (Å²) in [4.78, 5) is 35.3. The van der Waals surface area contributed by atoms with Crippen molar-refractivity contribution in [3.8, 4) is 11.5 Å². The number of carbonyl (C=O) groups excluding carboxylic acids is 2. The number of morpholine rings is 1. The lowest BCUT2D eigenvalue weighted by Crippen LogP contribution is -2.39. The maximum atomic E-state index is 15.3. The number of hydrogen-bond donors (Lipinski definition) is 1. The monoisotopic (exact) mass is 613 g/mol. The van der Waals surface area contributed by atoms with Gasteiger partial charge in [-0.05, 0) is 53.9 Å². The van der Waals surface area contributed by atoms with Gasteiger partial charge in [0, 0.05) is 61.6 Å². The Hall–Kier alpha value is -4.74. The number of urea groups is 2. The van der Waals surface area contributed by atoms with Crippen LogP contribution in [0, 0.1) is 5.82 Å². The molecule has 0 radical (unpaired) electrons. The third-order valence-corrected chi connectivity index (χ3v) is 8.10. The predicted molar refractivity (Wildman–Crippen MR) is 170 cm³/mol. The molecule has 45 heavy (non-hydrogen) atoms. The number of amides is 4. The molecule has 6 rings (SSSR count). The van der Waals surface area contributed by atoms with Gasteiger partial charge in [-0.15, -0.1) is 0 Å². The van der Waals surface area contributed by atoms with Crippen LogP contribution in [-0.4, -0.2) is 86.5 Å². The van der Waals surface area contributed by atoms with Crippen LogP contribution in [0.4, 0.5) is 25.4 Å². The van der Waals surface area contributed by atoms with Gasteiger partial charge in [-0.25, -0.2) is 18.9 Å². The van der Waals surface area contributed by atoms with Crippen molar-refractivity contribution in [1.29, 1.82) is 0 Å². The summed E-state index contributed by atoms with van der Waals surface area (Å²) in [5, 5.41) is 3.49. The van der Waals surface area contributed by atoms with Gasteiger partial charge in [-0.1, -0.05) is 24.3 Å². The second-order valence-corrected chi connectivity index (χ2v) is 11.0. The van der Waals surface area contributed by atoms with Crippen molar-refractivity contribution >= 4 is 34.3 Å². The van der Waals surface area contributed by atoms with Crippen LogP contribution in [0.1, 0.15) is 17.5 Å². The number of para-hydroxylation sites is 1. The maximum absolute atomic E-state index is 15.3. The van der Waals surface area contributed by atoms with Gasteiger partial charge in [0.05, 0.1) is 39.0 Å². The molecular weight excluding hydrogens is 577 g/mol. The largest absolute Gasteiger partial charge is 0.493 e. The molecule has 1 aromatic heterocycles. The Balaban J connectivity index is 1.10. The molecule has 11 heteroatoms. The van der Waals surface area contributed by atoms with Gasteiger partial charge >= 0.3 is 12.1 Å². The average molecular weight is 614 g/mol. The molecular formula is C34H36FN5O5. The zero-order valence-corrected chi connectivity index (χ0v) is 25.2. The van der Waals surface area contributed by atoms with Crippen LogP contribution >= 0.6 is 0 Å². The van der Waals surface area contributed by atoms with Crippen LogP contribution in [0.5, 0.6) is 11.5 Å². The van der Waals surface area contributed by atoms with E-state index in [0.29, 0.717) is 36.6 Å². The van der Waals surface area contributed by atoms with E-state index in [-0.39, 0.29) is 12.2 Å². The van der Waals surface area contributed by atoms with E-state index in [1.807, 2.05) is 48.5 Å². The molecule has 2 saturated heterocycles. The Morgan fingerprint density at radius 3 is 2.58 bits per heavy atom. The molecule has 0 atom stereocenters. The first-order chi connectivity index (χ1) is 22.0. The second kappa shape index (κ2) is 13.9. The number of rotatable bonds is 10. The van der Waals surface area contributed by atoms with Gasteiger partial charge in [0.1, 0.15) is 5.82 Å². The number of halogens is 1. The second-order valence-electron chi connectivity index (χ2n) is 11.0. The molecule has 0 saturated carbocycles. The normalized spacial score (nSPS) is 15.5. The summed E-state index contributed by atoms with van der Waals surface area (Å²) in [5.41, 5.74) is 3.04. The molecule has 4 amide bonds. The van der Waals surface area contributed by atoms with E-state index in [1.165, 1.54) is 6.07 Å². The summed E-state index contributed by atoms with van der Waals surface area (Å²) >= 11 is 0. The number of methoxy groups -OCH3 is 1. The average Bonchev–Trinajstić information content (AvgIpc) is 3.46. The predicted octanol–water partition coefficient (Wildman–Crippen LogP) is 5.55. The van der Waals surface area contributed by atoms with Gasteiger partial charge in [0.15, 0.2) is 11.5 Å². The van der Waals surface area contributed by atoms with E-state index in [0.717, 1.165) is 66.3 Å². The van der Waals surface area contributed by atoms with Gasteiger partial charge in [-0.2, -0.15) is 0 Å². The molecule has 0 bridgehead atoms. The minimum atomic E-state index is -0.600. The standard InChI is InChI=1S/C34H36FN5O5/c1-43-31-22-28-24(10-11-36-30(28)23-32(31)45-17-5-12-38-15-18-44-19-16-38)20-25-8-9-26(21-29(25)35)37-33(41)40-14-13-39(34(40)42)27-6-3-2-4-7-27/h2-4,6-11,21-23H,5,12-20H2,1H3,(H,37,41). The van der Waals surface area contributed by atoms with Gasteiger partial charge in [0.2, 0.25) is 0 Å². The van der Waals surface area contributed by atoms with E-state index in [2.05, 4.69) is 15.2 Å². The first-order valence-corrected chi connectivity index (χ1v) is 15.1. The summed E-state index contributed by atoms with van der Waals surface area (Å²) in [5.74, 6) is 0.735. The summed E-state index contributed by atoms with van der Waals surface area (Å²) in [6.45, 7) is 5.54. The molecule has 3 aromatic carbocycles. The summed E-state index contributed by atoms with van der Waals surface area (Å²) in [6, 6.07) is 18.3. The van der Waals surface area contributed by atoms with Crippen molar-refractivity contribution < 1.29 is 28.2 Å². The SMILES string of the molecule is COc1cc2c(Cc3ccc(NC(=O)N4CCN(c5ccccc5)C4=O)cc3F)ccnc2cc1OCCCN1CCOCC1. The van der Waals surface area contributed by atoms with Crippen LogP contribution in [0.2, 0.25) is 0 Å². The number of benzene rings is 3. The van der Waals surface area contributed by atoms with Crippen molar-refractivity contribution in [2.75, 3.05) is 69.9 Å². The van der Waals surface area contributed by atoms with Crippen LogP contribution in [0.15, 0.2) is 72.9 Å². The molecule has 2 aliphatic heterocycles. The highest BCUT2D eigenvalue weighted by Gasteiger charge is 2.34. The maximum Gasteiger partial charge on any atom is 0.332 e. The van der Waals surface area contributed by atoms with E-state index >= 15 is 4.39 Å². The number of aromatic nitrogens is 1. The number of anilines is 2. The number of nitrogens with one attached hydrogen (secondary N) is 1. The fourth-order valence-electron chi connectivity index (χ4n) is 5.67. The first kappa shape index (κ1) is 30.3. The zero-order chi connectivity index (χ0) is 31.2. The number of pyridine rings is 1. The Morgan fingerprint density at radius 1 is 0.978 bits per heavy atom. The summed E-state index contributed by atoms with van der Waals surface area (Å²) in [7, 11) is 1.60. The van der Waals surface area contributed by atoms with E-state index in [9.17, 15) is 9.59 Å². The minimum Gasteiger partial charge on any atom is -0.493 e. The molecule has 0 unspecified atom stereocenters. The minimum absolute atomic E-state index is 0.236. The highest BCUT2D eigenvalue weighted by atomic mass is 19.1. The van der Waals surface area contributed by atoms with E-state index in [1.54, 1.807) is 30.3 Å². The molecule has 4 aromatic rings. The lowest BCUT2D eigenvalue weighted by atomic mass is 10.00. The fourth-order valence-corrected chi connectivity index (χ4v) is 5.67. The Kier molecular flexibility index (Phi) is 9.37. The van der Waals surface area contributed by atoms with Crippen molar-refractivity contribution in [1.82, 2.24) is 14.8 Å². The lowest BCUT2D eigenvalue weighted by Gasteiger charge is -2.26. The third-order valence-electron chi connectivity index (χ3n) is 8.10. The first-order valence-electron chi connectivity index (χ1n) is 15.1. The number of hydrogen-bond acceptors (Lipinski definition) is 7. The van der Waals surface area contributed by atoms with Gasteiger partial charge in [0.25, 0.3) is 0 Å². The molecule has 0 aliphatic carbocycles. The highest BCUT2D eigenvalue weighted by Crippen LogP contribution is 2.34. The highest BCUT2D eigenvalue weighted by molar-refractivity contribution is 6.08. The Bertz CT molecular complexity index is 1660. The molecule has 3 heterocycles. The topological polar surface area (TPSA) is 96.5 Å². The van der Waals surface area contributed by atoms with E-state index < -0.39 is 17.9 Å².